The molecule has 0 saturated carbocycles. The molecule has 0 aliphatic heterocycles. The predicted octanol–water partition coefficient (Wildman–Crippen LogP) is 1.73. The summed E-state index contributed by atoms with van der Waals surface area (Å²) in [4.78, 5) is 4.10. The molecule has 0 aliphatic carbocycles. The van der Waals surface area contributed by atoms with Crippen molar-refractivity contribution in [2.45, 2.75) is 0 Å². The van der Waals surface area contributed by atoms with Crippen molar-refractivity contribution in [1.82, 2.24) is 15.2 Å². The van der Waals surface area contributed by atoms with Crippen LogP contribution in [0, 0.1) is 4.84 Å². The molecule has 2 rings (SSSR count). The largest absolute Gasteiger partial charge is 0.409 e. The van der Waals surface area contributed by atoms with Gasteiger partial charge in [-0.25, -0.2) is 15.9 Å². The van der Waals surface area contributed by atoms with Crippen LogP contribution in [0.25, 0.3) is 11.5 Å². The predicted molar refractivity (Wildman–Crippen MR) is 57.7 cm³/mol. The lowest BCUT2D eigenvalue weighted by Crippen LogP contribution is -2.08. The summed E-state index contributed by atoms with van der Waals surface area (Å²) in [6.07, 6.45) is 0. The Kier molecular flexibility index (Phi) is 2.67. The average molecular weight is 244 g/mol. The normalized spacial score (nSPS) is 10.3. The maximum absolute atomic E-state index is 5.77. The minimum atomic E-state index is 0.195. The maximum atomic E-state index is 5.77. The number of rotatable bonds is 2. The van der Waals surface area contributed by atoms with Crippen LogP contribution in [0.4, 0.5) is 5.82 Å². The van der Waals surface area contributed by atoms with Crippen LogP contribution in [0.3, 0.4) is 0 Å². The van der Waals surface area contributed by atoms with Crippen molar-refractivity contribution in [3.05, 3.63) is 22.1 Å². The summed E-state index contributed by atoms with van der Waals surface area (Å²) in [5.41, 5.74) is 3.02. The number of pyridine rings is 1. The second-order valence-electron chi connectivity index (χ2n) is 2.63. The van der Waals surface area contributed by atoms with Crippen LogP contribution in [0.2, 0.25) is 5.15 Å². The Morgan fingerprint density at radius 3 is 2.93 bits per heavy atom. The highest BCUT2D eigenvalue weighted by Gasteiger charge is 2.07. The lowest BCUT2D eigenvalue weighted by atomic mass is 10.2. The van der Waals surface area contributed by atoms with Crippen molar-refractivity contribution in [2.24, 2.45) is 5.84 Å². The van der Waals surface area contributed by atoms with E-state index in [1.165, 1.54) is 0 Å². The Labute approximate surface area is 94.4 Å². The SMILES string of the molecule is NNc1cc(-c2n[nH]c(=S)o2)cc(Cl)n1. The first-order valence-electron chi connectivity index (χ1n) is 3.89. The van der Waals surface area contributed by atoms with Gasteiger partial charge < -0.3 is 9.84 Å². The molecule has 0 unspecified atom stereocenters. The summed E-state index contributed by atoms with van der Waals surface area (Å²) in [6, 6.07) is 3.23. The van der Waals surface area contributed by atoms with Gasteiger partial charge in [0.2, 0.25) is 5.89 Å². The zero-order valence-corrected chi connectivity index (χ0v) is 8.89. The van der Waals surface area contributed by atoms with Gasteiger partial charge in [0.15, 0.2) is 0 Å². The third-order valence-corrected chi connectivity index (χ3v) is 2.00. The van der Waals surface area contributed by atoms with Crippen LogP contribution in [0.1, 0.15) is 0 Å². The van der Waals surface area contributed by atoms with Crippen LogP contribution in [0.15, 0.2) is 16.5 Å². The number of aromatic amines is 1. The molecule has 6 nitrogen and oxygen atoms in total. The zero-order valence-electron chi connectivity index (χ0n) is 7.32. The molecular formula is C7H6ClN5OS. The van der Waals surface area contributed by atoms with Crippen molar-refractivity contribution in [3.8, 4) is 11.5 Å². The summed E-state index contributed by atoms with van der Waals surface area (Å²) >= 11 is 10.5. The number of nitrogen functional groups attached to an aromatic ring is 1. The third kappa shape index (κ3) is 2.14. The second-order valence-corrected chi connectivity index (χ2v) is 3.38. The topological polar surface area (TPSA) is 92.8 Å². The Balaban J connectivity index is 2.52. The summed E-state index contributed by atoms with van der Waals surface area (Å²) in [5.74, 6) is 5.97. The number of nitrogens with two attached hydrogens (primary N) is 1. The van der Waals surface area contributed by atoms with Gasteiger partial charge in [0.05, 0.1) is 0 Å². The number of halogens is 1. The highest BCUT2D eigenvalue weighted by atomic mass is 35.5. The van der Waals surface area contributed by atoms with Gasteiger partial charge in [-0.15, -0.1) is 5.10 Å². The Hall–Kier alpha value is -1.44. The van der Waals surface area contributed by atoms with E-state index in [-0.39, 0.29) is 9.99 Å². The van der Waals surface area contributed by atoms with E-state index in [0.29, 0.717) is 17.3 Å². The number of nitrogens with zero attached hydrogens (tertiary/aromatic N) is 2. The van der Waals surface area contributed by atoms with Gasteiger partial charge in [-0.05, 0) is 24.4 Å². The molecule has 8 heteroatoms. The number of hydrogen-bond acceptors (Lipinski definition) is 6. The summed E-state index contributed by atoms with van der Waals surface area (Å²) in [6.45, 7) is 0. The lowest BCUT2D eigenvalue weighted by Gasteiger charge is -2.01. The lowest BCUT2D eigenvalue weighted by molar-refractivity contribution is 0.552. The molecule has 2 aromatic heterocycles. The van der Waals surface area contributed by atoms with Crippen LogP contribution in [0.5, 0.6) is 0 Å². The van der Waals surface area contributed by atoms with Gasteiger partial charge in [0, 0.05) is 5.56 Å². The van der Waals surface area contributed by atoms with E-state index < -0.39 is 0 Å². The molecule has 4 N–H and O–H groups in total. The molecule has 2 aromatic rings. The Morgan fingerprint density at radius 2 is 2.33 bits per heavy atom. The average Bonchev–Trinajstić information content (AvgIpc) is 2.64. The van der Waals surface area contributed by atoms with Gasteiger partial charge >= 0.3 is 0 Å². The van der Waals surface area contributed by atoms with E-state index in [2.05, 4.69) is 20.6 Å². The summed E-state index contributed by atoms with van der Waals surface area (Å²) < 4.78 is 5.12. The molecule has 15 heavy (non-hydrogen) atoms. The van der Waals surface area contributed by atoms with Crippen LogP contribution < -0.4 is 11.3 Å². The first-order chi connectivity index (χ1) is 7.19. The van der Waals surface area contributed by atoms with E-state index in [9.17, 15) is 0 Å². The number of anilines is 1. The molecule has 0 saturated heterocycles. The van der Waals surface area contributed by atoms with Crippen LogP contribution in [-0.2, 0) is 0 Å². The van der Waals surface area contributed by atoms with Gasteiger partial charge in [-0.3, -0.25) is 0 Å². The maximum Gasteiger partial charge on any atom is 0.284 e. The number of H-pyrrole nitrogens is 1. The minimum absolute atomic E-state index is 0.195. The van der Waals surface area contributed by atoms with Crippen LogP contribution >= 0.6 is 23.8 Å². The molecule has 0 fully saturated rings. The molecule has 2 heterocycles. The van der Waals surface area contributed by atoms with Gasteiger partial charge in [0.25, 0.3) is 4.84 Å². The van der Waals surface area contributed by atoms with Crippen molar-refractivity contribution in [2.75, 3.05) is 5.43 Å². The molecular weight excluding hydrogens is 238 g/mol. The minimum Gasteiger partial charge on any atom is -0.409 e. The van der Waals surface area contributed by atoms with E-state index in [1.54, 1.807) is 12.1 Å². The molecule has 0 aliphatic rings. The van der Waals surface area contributed by atoms with Gasteiger partial charge in [-0.1, -0.05) is 11.6 Å². The highest BCUT2D eigenvalue weighted by molar-refractivity contribution is 7.71. The molecule has 0 spiro atoms. The first kappa shape index (κ1) is 10.1. The van der Waals surface area contributed by atoms with Gasteiger partial charge in [-0.2, -0.15) is 0 Å². The van der Waals surface area contributed by atoms with Gasteiger partial charge in [0.1, 0.15) is 11.0 Å². The number of hydrazine groups is 1. The van der Waals surface area contributed by atoms with Crippen molar-refractivity contribution in [1.29, 1.82) is 0 Å². The summed E-state index contributed by atoms with van der Waals surface area (Å²) in [7, 11) is 0. The molecule has 0 radical (unpaired) electrons. The first-order valence-corrected chi connectivity index (χ1v) is 4.68. The number of nitrogens with one attached hydrogen (secondary N) is 2. The van der Waals surface area contributed by atoms with Crippen molar-refractivity contribution >= 4 is 29.6 Å². The smallest absolute Gasteiger partial charge is 0.284 e. The van der Waals surface area contributed by atoms with E-state index in [1.807, 2.05) is 0 Å². The highest BCUT2D eigenvalue weighted by Crippen LogP contribution is 2.22. The van der Waals surface area contributed by atoms with Crippen molar-refractivity contribution < 1.29 is 4.42 Å². The third-order valence-electron chi connectivity index (χ3n) is 1.63. The van der Waals surface area contributed by atoms with Crippen LogP contribution in [-0.4, -0.2) is 15.2 Å². The number of hydrogen-bond donors (Lipinski definition) is 3. The molecule has 0 bridgehead atoms. The van der Waals surface area contributed by atoms with Crippen molar-refractivity contribution in [3.63, 3.8) is 0 Å². The number of aromatic nitrogens is 3. The zero-order chi connectivity index (χ0) is 10.8. The fraction of sp³-hybridized carbons (Fsp3) is 0. The second kappa shape index (κ2) is 3.97. The fourth-order valence-corrected chi connectivity index (χ4v) is 1.38. The molecule has 0 amide bonds. The van der Waals surface area contributed by atoms with E-state index in [0.717, 1.165) is 0 Å². The molecule has 78 valence electrons. The van der Waals surface area contributed by atoms with E-state index in [4.69, 9.17) is 34.1 Å². The summed E-state index contributed by atoms with van der Waals surface area (Å²) in [5, 5.41) is 6.64. The Morgan fingerprint density at radius 1 is 1.53 bits per heavy atom. The monoisotopic (exact) mass is 243 g/mol. The van der Waals surface area contributed by atoms with E-state index >= 15 is 0 Å². The molecule has 0 atom stereocenters. The standard InChI is InChI=1S/C7H6ClN5OS/c8-4-1-3(2-5(10-4)11-9)6-12-13-7(15)14-6/h1-2H,9H2,(H,10,11)(H,13,15). The Bertz CT molecular complexity index is 536. The molecule has 0 aromatic carbocycles. The fourth-order valence-electron chi connectivity index (χ4n) is 1.05. The quantitative estimate of drug-likeness (QED) is 0.322.